The summed E-state index contributed by atoms with van der Waals surface area (Å²) in [7, 11) is -2.39. The van der Waals surface area contributed by atoms with Crippen molar-refractivity contribution < 1.29 is 17.5 Å². The Kier molecular flexibility index (Phi) is 4.45. The minimum atomic E-state index is -3.84. The number of nitrogens with zero attached hydrogens (tertiary/aromatic N) is 1. The average molecular weight is 308 g/mol. The maximum Gasteiger partial charge on any atom is 0.246 e. The molecule has 2 rings (SSSR count). The minimum absolute atomic E-state index is 0.142. The van der Waals surface area contributed by atoms with Crippen LogP contribution in [0.4, 0.5) is 4.39 Å². The maximum absolute atomic E-state index is 13.9. The highest BCUT2D eigenvalue weighted by atomic mass is 35.5. The molecular weight excluding hydrogens is 293 g/mol. The van der Waals surface area contributed by atoms with Gasteiger partial charge in [-0.1, -0.05) is 6.07 Å². The van der Waals surface area contributed by atoms with E-state index in [2.05, 4.69) is 0 Å². The minimum Gasteiger partial charge on any atom is -0.380 e. The summed E-state index contributed by atoms with van der Waals surface area (Å²) >= 11 is 5.59. The van der Waals surface area contributed by atoms with Crippen LogP contribution in [0.5, 0.6) is 0 Å². The lowest BCUT2D eigenvalue weighted by molar-refractivity contribution is 0.180. The molecule has 0 aromatic heterocycles. The van der Waals surface area contributed by atoms with E-state index in [1.807, 2.05) is 0 Å². The van der Waals surface area contributed by atoms with Gasteiger partial charge in [0.15, 0.2) is 0 Å². The van der Waals surface area contributed by atoms with Gasteiger partial charge in [-0.25, -0.2) is 12.8 Å². The number of alkyl halides is 1. The second-order valence-electron chi connectivity index (χ2n) is 4.44. The molecule has 0 N–H and O–H groups in total. The predicted octanol–water partition coefficient (Wildman–Crippen LogP) is 1.97. The zero-order valence-electron chi connectivity index (χ0n) is 10.5. The Morgan fingerprint density at radius 2 is 2.26 bits per heavy atom. The first-order valence-electron chi connectivity index (χ1n) is 5.87. The Balaban J connectivity index is 2.33. The first-order valence-corrected chi connectivity index (χ1v) is 7.84. The van der Waals surface area contributed by atoms with E-state index in [-0.39, 0.29) is 16.8 Å². The van der Waals surface area contributed by atoms with Gasteiger partial charge in [0.25, 0.3) is 0 Å². The molecule has 1 fully saturated rings. The van der Waals surface area contributed by atoms with Gasteiger partial charge in [-0.05, 0) is 24.1 Å². The second-order valence-corrected chi connectivity index (χ2v) is 6.67. The van der Waals surface area contributed by atoms with E-state index < -0.39 is 15.8 Å². The molecule has 19 heavy (non-hydrogen) atoms. The lowest BCUT2D eigenvalue weighted by Crippen LogP contribution is -2.37. The Morgan fingerprint density at radius 1 is 1.53 bits per heavy atom. The number of benzene rings is 1. The summed E-state index contributed by atoms with van der Waals surface area (Å²) in [5, 5.41) is 0. The Morgan fingerprint density at radius 3 is 2.79 bits per heavy atom. The molecule has 7 heteroatoms. The van der Waals surface area contributed by atoms with Crippen LogP contribution in [0.3, 0.4) is 0 Å². The average Bonchev–Trinajstić information content (AvgIpc) is 2.90. The number of sulfonamides is 1. The molecule has 1 aromatic carbocycles. The summed E-state index contributed by atoms with van der Waals surface area (Å²) in [5.41, 5.74) is 0.546. The third-order valence-corrected chi connectivity index (χ3v) is 5.48. The number of hydrogen-bond donors (Lipinski definition) is 0. The molecule has 0 saturated carbocycles. The molecule has 1 atom stereocenters. The molecule has 1 heterocycles. The van der Waals surface area contributed by atoms with Gasteiger partial charge in [-0.15, -0.1) is 11.6 Å². The van der Waals surface area contributed by atoms with Gasteiger partial charge in [0, 0.05) is 19.5 Å². The largest absolute Gasteiger partial charge is 0.380 e. The lowest BCUT2D eigenvalue weighted by Gasteiger charge is -2.22. The molecule has 0 aliphatic carbocycles. The quantitative estimate of drug-likeness (QED) is 0.799. The summed E-state index contributed by atoms with van der Waals surface area (Å²) in [6.07, 6.45) is 0.622. The fourth-order valence-electron chi connectivity index (χ4n) is 2.00. The summed E-state index contributed by atoms with van der Waals surface area (Å²) in [6, 6.07) is 3.69. The van der Waals surface area contributed by atoms with Crippen molar-refractivity contribution in [2.24, 2.45) is 0 Å². The SMILES string of the molecule is CN(C1CCOC1)S(=O)(=O)c1ccc(CCl)cc1F. The monoisotopic (exact) mass is 307 g/mol. The molecule has 0 bridgehead atoms. The molecule has 1 unspecified atom stereocenters. The van der Waals surface area contributed by atoms with E-state index >= 15 is 0 Å². The Bertz CT molecular complexity index is 558. The van der Waals surface area contributed by atoms with Gasteiger partial charge >= 0.3 is 0 Å². The van der Waals surface area contributed by atoms with E-state index in [4.69, 9.17) is 16.3 Å². The van der Waals surface area contributed by atoms with Crippen molar-refractivity contribution in [3.05, 3.63) is 29.6 Å². The first-order chi connectivity index (χ1) is 8.96. The maximum atomic E-state index is 13.9. The topological polar surface area (TPSA) is 46.6 Å². The van der Waals surface area contributed by atoms with Gasteiger partial charge < -0.3 is 4.74 Å². The van der Waals surface area contributed by atoms with Crippen LogP contribution >= 0.6 is 11.6 Å². The van der Waals surface area contributed by atoms with Crippen LogP contribution in [-0.4, -0.2) is 39.0 Å². The molecule has 4 nitrogen and oxygen atoms in total. The Hall–Kier alpha value is -0.690. The van der Waals surface area contributed by atoms with Gasteiger partial charge in [0.2, 0.25) is 10.0 Å². The van der Waals surface area contributed by atoms with E-state index in [0.717, 1.165) is 6.07 Å². The second kappa shape index (κ2) is 5.75. The predicted molar refractivity (Wildman–Crippen MR) is 70.1 cm³/mol. The van der Waals surface area contributed by atoms with Gasteiger partial charge in [0.05, 0.1) is 12.6 Å². The molecule has 1 aliphatic rings. The van der Waals surface area contributed by atoms with Crippen molar-refractivity contribution in [3.63, 3.8) is 0 Å². The first kappa shape index (κ1) is 14.7. The van der Waals surface area contributed by atoms with Crippen LogP contribution in [-0.2, 0) is 20.6 Å². The summed E-state index contributed by atoms with van der Waals surface area (Å²) in [4.78, 5) is -0.323. The summed E-state index contributed by atoms with van der Waals surface area (Å²) in [5.74, 6) is -0.632. The van der Waals surface area contributed by atoms with E-state index in [1.54, 1.807) is 0 Å². The number of halogens is 2. The number of ether oxygens (including phenoxy) is 1. The van der Waals surface area contributed by atoms with Crippen molar-refractivity contribution in [3.8, 4) is 0 Å². The summed E-state index contributed by atoms with van der Waals surface area (Å²) in [6.45, 7) is 0.870. The van der Waals surface area contributed by atoms with E-state index in [9.17, 15) is 12.8 Å². The number of rotatable bonds is 4. The highest BCUT2D eigenvalue weighted by molar-refractivity contribution is 7.89. The Labute approximate surface area is 117 Å². The number of hydrogen-bond acceptors (Lipinski definition) is 3. The van der Waals surface area contributed by atoms with E-state index in [1.165, 1.54) is 23.5 Å². The third-order valence-electron chi connectivity index (χ3n) is 3.23. The van der Waals surface area contributed by atoms with Gasteiger partial charge in [0.1, 0.15) is 10.7 Å². The van der Waals surface area contributed by atoms with E-state index in [0.29, 0.717) is 25.2 Å². The van der Waals surface area contributed by atoms with Crippen molar-refractivity contribution >= 4 is 21.6 Å². The van der Waals surface area contributed by atoms with Crippen molar-refractivity contribution in [2.45, 2.75) is 23.2 Å². The van der Waals surface area contributed by atoms with Crippen LogP contribution in [0.25, 0.3) is 0 Å². The van der Waals surface area contributed by atoms with Crippen LogP contribution in [0, 0.1) is 5.82 Å². The van der Waals surface area contributed by atoms with Crippen LogP contribution in [0.1, 0.15) is 12.0 Å². The third kappa shape index (κ3) is 2.91. The zero-order valence-corrected chi connectivity index (χ0v) is 12.0. The summed E-state index contributed by atoms with van der Waals surface area (Å²) < 4.78 is 44.9. The highest BCUT2D eigenvalue weighted by Gasteiger charge is 2.32. The van der Waals surface area contributed by atoms with Crippen molar-refractivity contribution in [1.29, 1.82) is 0 Å². The van der Waals surface area contributed by atoms with Crippen molar-refractivity contribution in [1.82, 2.24) is 4.31 Å². The highest BCUT2D eigenvalue weighted by Crippen LogP contribution is 2.24. The van der Waals surface area contributed by atoms with Crippen LogP contribution in [0.15, 0.2) is 23.1 Å². The van der Waals surface area contributed by atoms with Gasteiger partial charge in [-0.2, -0.15) is 4.31 Å². The molecule has 0 radical (unpaired) electrons. The molecule has 106 valence electrons. The molecule has 0 spiro atoms. The fourth-order valence-corrected chi connectivity index (χ4v) is 3.58. The van der Waals surface area contributed by atoms with Crippen LogP contribution in [0.2, 0.25) is 0 Å². The normalized spacial score (nSPS) is 20.1. The standard InChI is InChI=1S/C12H15ClFNO3S/c1-15(10-4-5-18-8-10)19(16,17)12-3-2-9(7-13)6-11(12)14/h2-3,6,10H,4-5,7-8H2,1H3. The lowest BCUT2D eigenvalue weighted by atomic mass is 10.2. The van der Waals surface area contributed by atoms with Gasteiger partial charge in [-0.3, -0.25) is 0 Å². The molecule has 1 aromatic rings. The smallest absolute Gasteiger partial charge is 0.246 e. The molecule has 1 saturated heterocycles. The van der Waals surface area contributed by atoms with Crippen molar-refractivity contribution in [2.75, 3.05) is 20.3 Å². The fraction of sp³-hybridized carbons (Fsp3) is 0.500. The molecule has 1 aliphatic heterocycles. The zero-order chi connectivity index (χ0) is 14.0. The molecule has 0 amide bonds. The number of likely N-dealkylation sites (N-methyl/N-ethyl adjacent to an activating group) is 1. The molecular formula is C12H15ClFNO3S. The van der Waals surface area contributed by atoms with Crippen LogP contribution < -0.4 is 0 Å².